The van der Waals surface area contributed by atoms with Crippen molar-refractivity contribution < 1.29 is 9.18 Å². The van der Waals surface area contributed by atoms with E-state index in [-0.39, 0.29) is 11.8 Å². The fourth-order valence-electron chi connectivity index (χ4n) is 2.85. The molecule has 0 unspecified atom stereocenters. The van der Waals surface area contributed by atoms with Gasteiger partial charge in [0.1, 0.15) is 15.8 Å². The minimum Gasteiger partial charge on any atom is -0.331 e. The van der Waals surface area contributed by atoms with Crippen molar-refractivity contribution in [1.29, 1.82) is 0 Å². The molecule has 0 aliphatic carbocycles. The van der Waals surface area contributed by atoms with Gasteiger partial charge in [0.05, 0.1) is 6.54 Å². The first-order valence-corrected chi connectivity index (χ1v) is 9.20. The van der Waals surface area contributed by atoms with Gasteiger partial charge in [0.2, 0.25) is 0 Å². The Morgan fingerprint density at radius 2 is 2.00 bits per heavy atom. The van der Waals surface area contributed by atoms with Gasteiger partial charge in [0.25, 0.3) is 0 Å². The summed E-state index contributed by atoms with van der Waals surface area (Å²) in [4.78, 5) is 16.5. The van der Waals surface area contributed by atoms with Gasteiger partial charge in [0.15, 0.2) is 0 Å². The summed E-state index contributed by atoms with van der Waals surface area (Å²) in [7, 11) is 0. The number of nitrogens with one attached hydrogen (secondary N) is 1. The highest BCUT2D eigenvalue weighted by Crippen LogP contribution is 2.11. The van der Waals surface area contributed by atoms with Crippen molar-refractivity contribution >= 4 is 17.4 Å². The van der Waals surface area contributed by atoms with Gasteiger partial charge in [-0.1, -0.05) is 23.5 Å². The molecule has 2 aromatic rings. The van der Waals surface area contributed by atoms with Gasteiger partial charge in [-0.3, -0.25) is 4.90 Å². The second-order valence-corrected chi connectivity index (χ2v) is 7.38. The number of urea groups is 1. The Labute approximate surface area is 150 Å². The van der Waals surface area contributed by atoms with Crippen molar-refractivity contribution in [1.82, 2.24) is 25.3 Å². The maximum absolute atomic E-state index is 13.0. The highest BCUT2D eigenvalue weighted by molar-refractivity contribution is 7.11. The highest BCUT2D eigenvalue weighted by Gasteiger charge is 2.19. The van der Waals surface area contributed by atoms with Gasteiger partial charge in [0, 0.05) is 32.7 Å². The standard InChI is InChI=1S/C17H22FN5OS/c1-13-20-21-16(25-13)11-19-17(24)23-8-2-7-22(9-10-23)12-14-3-5-15(18)6-4-14/h3-6H,2,7-12H2,1H3,(H,19,24). The molecule has 3 rings (SSSR count). The SMILES string of the molecule is Cc1nnc(CNC(=O)N2CCCN(Cc3ccc(F)cc3)CC2)s1. The molecule has 8 heteroatoms. The van der Waals surface area contributed by atoms with Gasteiger partial charge < -0.3 is 10.2 Å². The number of rotatable bonds is 4. The minimum atomic E-state index is -0.215. The Morgan fingerprint density at radius 3 is 2.72 bits per heavy atom. The third-order valence-electron chi connectivity index (χ3n) is 4.15. The van der Waals surface area contributed by atoms with Crippen LogP contribution in [0.2, 0.25) is 0 Å². The maximum atomic E-state index is 13.0. The summed E-state index contributed by atoms with van der Waals surface area (Å²) >= 11 is 1.49. The van der Waals surface area contributed by atoms with Crippen LogP contribution in [0.5, 0.6) is 0 Å². The number of amides is 2. The third kappa shape index (κ3) is 5.20. The van der Waals surface area contributed by atoms with Crippen molar-refractivity contribution in [2.45, 2.75) is 26.4 Å². The quantitative estimate of drug-likeness (QED) is 0.906. The molecule has 0 spiro atoms. The van der Waals surface area contributed by atoms with Gasteiger partial charge in [-0.2, -0.15) is 0 Å². The lowest BCUT2D eigenvalue weighted by Gasteiger charge is -2.22. The van der Waals surface area contributed by atoms with Crippen LogP contribution in [0.4, 0.5) is 9.18 Å². The lowest BCUT2D eigenvalue weighted by molar-refractivity contribution is 0.197. The van der Waals surface area contributed by atoms with E-state index in [2.05, 4.69) is 20.4 Å². The van der Waals surface area contributed by atoms with Crippen molar-refractivity contribution in [2.24, 2.45) is 0 Å². The van der Waals surface area contributed by atoms with E-state index in [0.29, 0.717) is 13.1 Å². The van der Waals surface area contributed by atoms with Crippen molar-refractivity contribution in [3.8, 4) is 0 Å². The molecular weight excluding hydrogens is 341 g/mol. The van der Waals surface area contributed by atoms with E-state index < -0.39 is 0 Å². The molecule has 1 fully saturated rings. The molecule has 1 aliphatic heterocycles. The molecule has 134 valence electrons. The molecule has 1 aromatic carbocycles. The zero-order valence-electron chi connectivity index (χ0n) is 14.2. The predicted octanol–water partition coefficient (Wildman–Crippen LogP) is 2.40. The zero-order valence-corrected chi connectivity index (χ0v) is 15.1. The van der Waals surface area contributed by atoms with Gasteiger partial charge in [-0.25, -0.2) is 9.18 Å². The topological polar surface area (TPSA) is 61.4 Å². The number of aryl methyl sites for hydroxylation is 1. The molecule has 1 N–H and O–H groups in total. The molecule has 0 saturated carbocycles. The molecular formula is C17H22FN5OS. The van der Waals surface area contributed by atoms with Crippen LogP contribution in [-0.2, 0) is 13.1 Å². The molecule has 1 aliphatic rings. The predicted molar refractivity (Wildman–Crippen MR) is 94.7 cm³/mol. The van der Waals surface area contributed by atoms with Crippen LogP contribution in [0.1, 0.15) is 22.0 Å². The van der Waals surface area contributed by atoms with E-state index in [1.54, 1.807) is 0 Å². The van der Waals surface area contributed by atoms with Gasteiger partial charge in [-0.05, 0) is 31.0 Å². The summed E-state index contributed by atoms with van der Waals surface area (Å²) in [6.07, 6.45) is 0.923. The number of benzene rings is 1. The average Bonchev–Trinajstić information content (AvgIpc) is 2.88. The van der Waals surface area contributed by atoms with Gasteiger partial charge >= 0.3 is 6.03 Å². The van der Waals surface area contributed by atoms with E-state index in [1.807, 2.05) is 24.0 Å². The fourth-order valence-corrected chi connectivity index (χ4v) is 3.50. The number of aromatic nitrogens is 2. The second-order valence-electron chi connectivity index (χ2n) is 6.12. The normalized spacial score (nSPS) is 15.8. The Balaban J connectivity index is 1.47. The molecule has 25 heavy (non-hydrogen) atoms. The summed E-state index contributed by atoms with van der Waals surface area (Å²) in [6.45, 7) is 6.25. The number of halogens is 1. The average molecular weight is 363 g/mol. The summed E-state index contributed by atoms with van der Waals surface area (Å²) in [6, 6.07) is 6.55. The van der Waals surface area contributed by atoms with E-state index >= 15 is 0 Å². The molecule has 0 radical (unpaired) electrons. The monoisotopic (exact) mass is 363 g/mol. The number of carbonyl (C=O) groups is 1. The van der Waals surface area contributed by atoms with Crippen LogP contribution in [0.15, 0.2) is 24.3 Å². The molecule has 2 heterocycles. The first kappa shape index (κ1) is 17.8. The maximum Gasteiger partial charge on any atom is 0.317 e. The smallest absolute Gasteiger partial charge is 0.317 e. The van der Waals surface area contributed by atoms with E-state index in [4.69, 9.17) is 0 Å². The Bertz CT molecular complexity index is 705. The first-order chi connectivity index (χ1) is 12.1. The summed E-state index contributed by atoms with van der Waals surface area (Å²) in [5, 5.41) is 12.6. The van der Waals surface area contributed by atoms with Crippen LogP contribution in [0, 0.1) is 12.7 Å². The number of hydrogen-bond acceptors (Lipinski definition) is 5. The van der Waals surface area contributed by atoms with Crippen LogP contribution >= 0.6 is 11.3 Å². The van der Waals surface area contributed by atoms with Crippen LogP contribution < -0.4 is 5.32 Å². The highest BCUT2D eigenvalue weighted by atomic mass is 32.1. The van der Waals surface area contributed by atoms with E-state index in [9.17, 15) is 9.18 Å². The number of carbonyl (C=O) groups excluding carboxylic acids is 1. The second kappa shape index (κ2) is 8.35. The Hall–Kier alpha value is -2.06. The van der Waals surface area contributed by atoms with Crippen LogP contribution in [0.25, 0.3) is 0 Å². The van der Waals surface area contributed by atoms with Crippen LogP contribution in [-0.4, -0.2) is 52.2 Å². The Kier molecular flexibility index (Phi) is 5.93. The third-order valence-corrected chi connectivity index (χ3v) is 4.99. The minimum absolute atomic E-state index is 0.0588. The summed E-state index contributed by atoms with van der Waals surface area (Å²) in [5.74, 6) is -0.215. The molecule has 1 aromatic heterocycles. The summed E-state index contributed by atoms with van der Waals surface area (Å²) < 4.78 is 13.0. The fraction of sp³-hybridized carbons (Fsp3) is 0.471. The van der Waals surface area contributed by atoms with Crippen molar-refractivity contribution in [2.75, 3.05) is 26.2 Å². The molecule has 1 saturated heterocycles. The molecule has 0 bridgehead atoms. The number of nitrogens with zero attached hydrogens (tertiary/aromatic N) is 4. The molecule has 0 atom stereocenters. The largest absolute Gasteiger partial charge is 0.331 e. The lowest BCUT2D eigenvalue weighted by Crippen LogP contribution is -2.41. The van der Waals surface area contributed by atoms with E-state index in [1.165, 1.54) is 23.5 Å². The summed E-state index contributed by atoms with van der Waals surface area (Å²) in [5.41, 5.74) is 1.09. The number of hydrogen-bond donors (Lipinski definition) is 1. The van der Waals surface area contributed by atoms with Crippen molar-refractivity contribution in [3.63, 3.8) is 0 Å². The lowest BCUT2D eigenvalue weighted by atomic mass is 10.2. The molecule has 2 amide bonds. The van der Waals surface area contributed by atoms with Gasteiger partial charge in [-0.15, -0.1) is 10.2 Å². The van der Waals surface area contributed by atoms with Crippen LogP contribution in [0.3, 0.4) is 0 Å². The zero-order chi connectivity index (χ0) is 17.6. The molecule has 6 nitrogen and oxygen atoms in total. The van der Waals surface area contributed by atoms with E-state index in [0.717, 1.165) is 48.2 Å². The first-order valence-electron chi connectivity index (χ1n) is 8.39. The van der Waals surface area contributed by atoms with Crippen molar-refractivity contribution in [3.05, 3.63) is 45.7 Å². The Morgan fingerprint density at radius 1 is 1.20 bits per heavy atom.